The maximum absolute atomic E-state index is 12.8. The lowest BCUT2D eigenvalue weighted by Gasteiger charge is -2.14. The molecule has 9 nitrogen and oxygen atoms in total. The van der Waals surface area contributed by atoms with E-state index in [0.29, 0.717) is 28.1 Å². The second-order valence-electron chi connectivity index (χ2n) is 7.70. The zero-order valence-corrected chi connectivity index (χ0v) is 21.5. The molecule has 13 heteroatoms. The number of ether oxygens (including phenoxy) is 2. The Morgan fingerprint density at radius 2 is 1.87 bits per heavy atom. The van der Waals surface area contributed by atoms with Gasteiger partial charge in [0.15, 0.2) is 11.5 Å². The molecule has 0 atom stereocenters. The van der Waals surface area contributed by atoms with Gasteiger partial charge in [-0.2, -0.15) is 18.3 Å². The summed E-state index contributed by atoms with van der Waals surface area (Å²) in [6.07, 6.45) is -3.11. The van der Waals surface area contributed by atoms with Crippen molar-refractivity contribution in [1.29, 1.82) is 0 Å². The number of benzene rings is 3. The molecule has 2 N–H and O–H groups in total. The van der Waals surface area contributed by atoms with Crippen molar-refractivity contribution in [3.63, 3.8) is 0 Å². The van der Waals surface area contributed by atoms with Crippen LogP contribution in [0.15, 0.2) is 70.2 Å². The van der Waals surface area contributed by atoms with Crippen LogP contribution < -0.4 is 20.2 Å². The van der Waals surface area contributed by atoms with Gasteiger partial charge in [-0.3, -0.25) is 14.9 Å². The van der Waals surface area contributed by atoms with E-state index < -0.39 is 22.6 Å². The molecule has 0 aliphatic carbocycles. The summed E-state index contributed by atoms with van der Waals surface area (Å²) < 4.78 is 50.5. The molecule has 200 valence electrons. The molecular weight excluding hydrogens is 573 g/mol. The first-order chi connectivity index (χ1) is 18.1. The molecule has 0 aliphatic rings. The molecule has 1 amide bonds. The molecule has 3 aromatic carbocycles. The van der Waals surface area contributed by atoms with E-state index in [4.69, 9.17) is 9.47 Å². The van der Waals surface area contributed by atoms with Gasteiger partial charge in [-0.1, -0.05) is 6.07 Å². The summed E-state index contributed by atoms with van der Waals surface area (Å²) in [7, 11) is 0. The molecule has 0 fully saturated rings. The van der Waals surface area contributed by atoms with Crippen LogP contribution in [0.2, 0.25) is 0 Å². The lowest BCUT2D eigenvalue weighted by Crippen LogP contribution is -2.26. The Hall–Kier alpha value is -4.13. The summed E-state index contributed by atoms with van der Waals surface area (Å²) in [4.78, 5) is 22.4. The summed E-state index contributed by atoms with van der Waals surface area (Å²) in [6, 6.07) is 13.8. The Bertz CT molecular complexity index is 1320. The highest BCUT2D eigenvalue weighted by molar-refractivity contribution is 9.10. The summed E-state index contributed by atoms with van der Waals surface area (Å²) in [5.41, 5.74) is 2.89. The molecule has 0 heterocycles. The highest BCUT2D eigenvalue weighted by Gasteiger charge is 2.30. The third kappa shape index (κ3) is 8.20. The number of hydrogen-bond acceptors (Lipinski definition) is 7. The number of non-ortho nitro benzene ring substituents is 1. The van der Waals surface area contributed by atoms with Gasteiger partial charge in [-0.25, -0.2) is 5.43 Å². The number of carbonyl (C=O) groups is 1. The smallest absolute Gasteiger partial charge is 0.416 e. The zero-order valence-electron chi connectivity index (χ0n) is 19.9. The Balaban J connectivity index is 1.60. The van der Waals surface area contributed by atoms with Crippen molar-refractivity contribution in [2.45, 2.75) is 19.7 Å². The van der Waals surface area contributed by atoms with Crippen molar-refractivity contribution in [3.05, 3.63) is 91.9 Å². The fourth-order valence-electron chi connectivity index (χ4n) is 3.14. The van der Waals surface area contributed by atoms with Crippen LogP contribution in [0.5, 0.6) is 11.5 Å². The van der Waals surface area contributed by atoms with E-state index in [1.807, 2.05) is 0 Å². The van der Waals surface area contributed by atoms with Gasteiger partial charge in [0.05, 0.1) is 34.3 Å². The van der Waals surface area contributed by atoms with Crippen molar-refractivity contribution in [2.24, 2.45) is 5.10 Å². The highest BCUT2D eigenvalue weighted by atomic mass is 79.9. The van der Waals surface area contributed by atoms with E-state index in [0.717, 1.165) is 17.7 Å². The predicted molar refractivity (Wildman–Crippen MR) is 138 cm³/mol. The highest BCUT2D eigenvalue weighted by Crippen LogP contribution is 2.37. The van der Waals surface area contributed by atoms with E-state index in [2.05, 4.69) is 31.8 Å². The molecule has 0 aromatic heterocycles. The van der Waals surface area contributed by atoms with Crippen molar-refractivity contribution < 1.29 is 32.4 Å². The molecule has 0 radical (unpaired) electrons. The van der Waals surface area contributed by atoms with Gasteiger partial charge in [-0.05, 0) is 76.4 Å². The van der Waals surface area contributed by atoms with Crippen LogP contribution >= 0.6 is 15.9 Å². The molecule has 0 aliphatic heterocycles. The maximum atomic E-state index is 12.8. The number of alkyl halides is 3. The number of rotatable bonds is 11. The number of halogens is 4. The summed E-state index contributed by atoms with van der Waals surface area (Å²) in [6.45, 7) is 1.99. The molecular formula is C25H22BrF3N4O5. The number of anilines is 1. The van der Waals surface area contributed by atoms with Crippen LogP contribution in [0.25, 0.3) is 0 Å². The number of nitro benzene ring substituents is 1. The SMILES string of the molecule is CCOc1cc(/C=N\NC(=O)CNc2cccc(C(F)(F)F)c2)cc(Br)c1OCc1ccc([N+](=O)[O-])cc1. The Kier molecular flexibility index (Phi) is 9.66. The normalized spacial score (nSPS) is 11.3. The summed E-state index contributed by atoms with van der Waals surface area (Å²) in [5.74, 6) is 0.255. The van der Waals surface area contributed by atoms with Crippen molar-refractivity contribution >= 4 is 39.4 Å². The third-order valence-electron chi connectivity index (χ3n) is 4.91. The number of amides is 1. The van der Waals surface area contributed by atoms with Crippen LogP contribution in [0.4, 0.5) is 24.5 Å². The first-order valence-electron chi connectivity index (χ1n) is 11.1. The second kappa shape index (κ2) is 12.9. The number of hydrogen-bond donors (Lipinski definition) is 2. The number of nitrogens with one attached hydrogen (secondary N) is 2. The maximum Gasteiger partial charge on any atom is 0.416 e. The molecule has 0 spiro atoms. The van der Waals surface area contributed by atoms with E-state index in [-0.39, 0.29) is 24.5 Å². The number of carbonyl (C=O) groups excluding carboxylic acids is 1. The van der Waals surface area contributed by atoms with Crippen molar-refractivity contribution in [1.82, 2.24) is 5.43 Å². The second-order valence-corrected chi connectivity index (χ2v) is 8.55. The van der Waals surface area contributed by atoms with Crippen molar-refractivity contribution in [3.8, 4) is 11.5 Å². The largest absolute Gasteiger partial charge is 0.490 e. The van der Waals surface area contributed by atoms with Gasteiger partial charge < -0.3 is 14.8 Å². The fourth-order valence-corrected chi connectivity index (χ4v) is 3.72. The molecule has 38 heavy (non-hydrogen) atoms. The average molecular weight is 595 g/mol. The molecule has 0 saturated heterocycles. The quantitative estimate of drug-likeness (QED) is 0.162. The van der Waals surface area contributed by atoms with Crippen molar-refractivity contribution in [2.75, 3.05) is 18.5 Å². The Morgan fingerprint density at radius 3 is 2.53 bits per heavy atom. The average Bonchev–Trinajstić information content (AvgIpc) is 2.87. The summed E-state index contributed by atoms with van der Waals surface area (Å²) >= 11 is 3.43. The van der Waals surface area contributed by atoms with Gasteiger partial charge in [0.25, 0.3) is 11.6 Å². The lowest BCUT2D eigenvalue weighted by atomic mass is 10.2. The minimum absolute atomic E-state index is 0.0212. The molecule has 3 rings (SSSR count). The Morgan fingerprint density at radius 1 is 1.13 bits per heavy atom. The fraction of sp³-hybridized carbons (Fsp3) is 0.200. The number of nitro groups is 1. The van der Waals surface area contributed by atoms with Gasteiger partial charge in [0.1, 0.15) is 6.61 Å². The van der Waals surface area contributed by atoms with E-state index in [9.17, 15) is 28.1 Å². The summed E-state index contributed by atoms with van der Waals surface area (Å²) in [5, 5.41) is 17.3. The van der Waals surface area contributed by atoms with Crippen LogP contribution in [0.1, 0.15) is 23.6 Å². The topological polar surface area (TPSA) is 115 Å². The molecule has 0 bridgehead atoms. The van der Waals surface area contributed by atoms with Crippen LogP contribution in [-0.4, -0.2) is 30.2 Å². The van der Waals surface area contributed by atoms with Crippen LogP contribution in [-0.2, 0) is 17.6 Å². The minimum atomic E-state index is -4.48. The molecule has 0 unspecified atom stereocenters. The minimum Gasteiger partial charge on any atom is -0.490 e. The van der Waals surface area contributed by atoms with Gasteiger partial charge >= 0.3 is 6.18 Å². The number of hydrazone groups is 1. The van der Waals surface area contributed by atoms with Crippen LogP contribution in [0.3, 0.4) is 0 Å². The van der Waals surface area contributed by atoms with E-state index in [1.165, 1.54) is 30.5 Å². The first kappa shape index (κ1) is 28.4. The third-order valence-corrected chi connectivity index (χ3v) is 5.50. The number of nitrogens with zero attached hydrogens (tertiary/aromatic N) is 2. The lowest BCUT2D eigenvalue weighted by molar-refractivity contribution is -0.384. The predicted octanol–water partition coefficient (Wildman–Crippen LogP) is 5.92. The monoisotopic (exact) mass is 594 g/mol. The molecule has 3 aromatic rings. The van der Waals surface area contributed by atoms with E-state index in [1.54, 1.807) is 31.2 Å². The zero-order chi connectivity index (χ0) is 27.7. The van der Waals surface area contributed by atoms with Gasteiger partial charge in [-0.15, -0.1) is 0 Å². The van der Waals surface area contributed by atoms with Gasteiger partial charge in [0.2, 0.25) is 0 Å². The first-order valence-corrected chi connectivity index (χ1v) is 11.9. The van der Waals surface area contributed by atoms with E-state index >= 15 is 0 Å². The molecule has 0 saturated carbocycles. The van der Waals surface area contributed by atoms with Crippen LogP contribution in [0, 0.1) is 10.1 Å². The Labute approximate surface area is 223 Å². The van der Waals surface area contributed by atoms with Gasteiger partial charge in [0, 0.05) is 17.8 Å². The standard InChI is InChI=1S/C25H22BrF3N4O5/c1-2-37-22-11-17(10-21(26)24(22)38-15-16-6-8-20(9-7-16)33(35)36)13-31-32-23(34)14-30-19-5-3-4-18(12-19)25(27,28)29/h3-13,30H,2,14-15H2,1H3,(H,32,34)/b31-13-.